The lowest BCUT2D eigenvalue weighted by atomic mass is 10.1. The van der Waals surface area contributed by atoms with Crippen molar-refractivity contribution in [3.05, 3.63) is 33.1 Å². The predicted octanol–water partition coefficient (Wildman–Crippen LogP) is 4.31. The summed E-state index contributed by atoms with van der Waals surface area (Å²) < 4.78 is 0.976. The first-order valence-corrected chi connectivity index (χ1v) is 6.41. The van der Waals surface area contributed by atoms with Crippen molar-refractivity contribution >= 4 is 38.4 Å². The molecule has 2 nitrogen and oxygen atoms in total. The van der Waals surface area contributed by atoms with Gasteiger partial charge in [0.2, 0.25) is 0 Å². The molecule has 16 heavy (non-hydrogen) atoms. The van der Waals surface area contributed by atoms with E-state index < -0.39 is 0 Å². The molecule has 0 fully saturated rings. The fraction of sp³-hybridized carbons (Fsp3) is 0.333. The van der Waals surface area contributed by atoms with Crippen LogP contribution in [0.3, 0.4) is 0 Å². The number of aryl methyl sites for hydroxylation is 2. The number of hydrogen-bond acceptors (Lipinski definition) is 2. The zero-order chi connectivity index (χ0) is 11.7. The van der Waals surface area contributed by atoms with E-state index >= 15 is 0 Å². The maximum absolute atomic E-state index is 6.17. The second kappa shape index (κ2) is 4.68. The van der Waals surface area contributed by atoms with Gasteiger partial charge in [0.25, 0.3) is 0 Å². The van der Waals surface area contributed by atoms with E-state index in [9.17, 15) is 0 Å². The molecule has 1 aromatic carbocycles. The molecule has 0 spiro atoms. The molecule has 84 valence electrons. The highest BCUT2D eigenvalue weighted by Gasteiger charge is 2.09. The van der Waals surface area contributed by atoms with Gasteiger partial charge in [-0.1, -0.05) is 18.5 Å². The average molecular weight is 300 g/mol. The van der Waals surface area contributed by atoms with Gasteiger partial charge in [-0.15, -0.1) is 0 Å². The van der Waals surface area contributed by atoms with Crippen molar-refractivity contribution in [3.63, 3.8) is 0 Å². The fourth-order valence-electron chi connectivity index (χ4n) is 1.67. The van der Waals surface area contributed by atoms with Crippen LogP contribution in [0.5, 0.6) is 0 Å². The molecule has 0 bridgehead atoms. The van der Waals surface area contributed by atoms with Crippen LogP contribution in [0, 0.1) is 6.92 Å². The van der Waals surface area contributed by atoms with Crippen molar-refractivity contribution in [2.24, 2.45) is 0 Å². The Hall–Kier alpha value is -0.670. The van der Waals surface area contributed by atoms with Gasteiger partial charge in [-0.3, -0.25) is 0 Å². The Balaban J connectivity index is 2.71. The average Bonchev–Trinajstić information content (AvgIpc) is 2.20. The van der Waals surface area contributed by atoms with Crippen molar-refractivity contribution in [3.8, 4) is 0 Å². The minimum absolute atomic E-state index is 0.540. The standard InChI is InChI=1S/C12H12BrClN2/c1-3-4-10-15-11-8(12(14)16-10)5-7(2)6-9(11)13/h5-6H,3-4H2,1-2H3. The van der Waals surface area contributed by atoms with E-state index in [4.69, 9.17) is 11.6 Å². The zero-order valence-corrected chi connectivity index (χ0v) is 11.6. The quantitative estimate of drug-likeness (QED) is 0.772. The number of rotatable bonds is 2. The largest absolute Gasteiger partial charge is 0.232 e. The van der Waals surface area contributed by atoms with Gasteiger partial charge in [-0.2, -0.15) is 0 Å². The lowest BCUT2D eigenvalue weighted by Crippen LogP contribution is -1.97. The van der Waals surface area contributed by atoms with Crippen molar-refractivity contribution in [2.45, 2.75) is 26.7 Å². The molecule has 0 saturated heterocycles. The van der Waals surface area contributed by atoms with Gasteiger partial charge in [-0.25, -0.2) is 9.97 Å². The maximum atomic E-state index is 6.17. The number of hydrogen-bond donors (Lipinski definition) is 0. The smallest absolute Gasteiger partial charge is 0.140 e. The summed E-state index contributed by atoms with van der Waals surface area (Å²) in [5, 5.41) is 1.45. The number of aromatic nitrogens is 2. The third-order valence-electron chi connectivity index (χ3n) is 2.37. The number of fused-ring (bicyclic) bond motifs is 1. The Bertz CT molecular complexity index is 540. The summed E-state index contributed by atoms with van der Waals surface area (Å²) >= 11 is 9.69. The predicted molar refractivity (Wildman–Crippen MR) is 71.0 cm³/mol. The van der Waals surface area contributed by atoms with Crippen LogP contribution in [0.15, 0.2) is 16.6 Å². The Morgan fingerprint density at radius 1 is 1.31 bits per heavy atom. The highest BCUT2D eigenvalue weighted by molar-refractivity contribution is 9.10. The number of benzene rings is 1. The van der Waals surface area contributed by atoms with Crippen molar-refractivity contribution in [2.75, 3.05) is 0 Å². The molecule has 0 aliphatic carbocycles. The normalized spacial score (nSPS) is 11.0. The van der Waals surface area contributed by atoms with E-state index in [1.54, 1.807) is 0 Å². The van der Waals surface area contributed by atoms with Crippen LogP contribution in [-0.2, 0) is 6.42 Å². The fourth-order valence-corrected chi connectivity index (χ4v) is 2.57. The lowest BCUT2D eigenvalue weighted by Gasteiger charge is -2.06. The van der Waals surface area contributed by atoms with E-state index in [0.717, 1.165) is 39.6 Å². The zero-order valence-electron chi connectivity index (χ0n) is 9.22. The van der Waals surface area contributed by atoms with Crippen LogP contribution in [-0.4, -0.2) is 9.97 Å². The minimum Gasteiger partial charge on any atom is -0.232 e. The molecule has 0 unspecified atom stereocenters. The Kier molecular flexibility index (Phi) is 3.45. The molecular formula is C12H12BrClN2. The van der Waals surface area contributed by atoms with Crippen LogP contribution >= 0.6 is 27.5 Å². The monoisotopic (exact) mass is 298 g/mol. The first kappa shape index (κ1) is 11.8. The van der Waals surface area contributed by atoms with Gasteiger partial charge in [0, 0.05) is 16.3 Å². The van der Waals surface area contributed by atoms with Crippen molar-refractivity contribution < 1.29 is 0 Å². The molecular weight excluding hydrogens is 288 g/mol. The molecule has 0 radical (unpaired) electrons. The maximum Gasteiger partial charge on any atom is 0.140 e. The summed E-state index contributed by atoms with van der Waals surface area (Å²) in [4.78, 5) is 8.83. The topological polar surface area (TPSA) is 25.8 Å². The summed E-state index contributed by atoms with van der Waals surface area (Å²) in [6.45, 7) is 4.13. The lowest BCUT2D eigenvalue weighted by molar-refractivity contribution is 0.844. The van der Waals surface area contributed by atoms with Gasteiger partial charge in [0.15, 0.2) is 0 Å². The molecule has 0 atom stereocenters. The molecule has 0 aliphatic rings. The molecule has 1 aromatic heterocycles. The van der Waals surface area contributed by atoms with Crippen molar-refractivity contribution in [1.82, 2.24) is 9.97 Å². The molecule has 0 amide bonds. The molecule has 0 aliphatic heterocycles. The van der Waals surface area contributed by atoms with E-state index in [0.29, 0.717) is 5.15 Å². The van der Waals surface area contributed by atoms with E-state index in [1.807, 2.05) is 19.1 Å². The van der Waals surface area contributed by atoms with Crippen LogP contribution < -0.4 is 0 Å². The summed E-state index contributed by atoms with van der Waals surface area (Å²) in [6, 6.07) is 4.06. The van der Waals surface area contributed by atoms with Gasteiger partial charge in [-0.05, 0) is 47.0 Å². The Morgan fingerprint density at radius 3 is 2.75 bits per heavy atom. The van der Waals surface area contributed by atoms with Gasteiger partial charge in [0.05, 0.1) is 5.52 Å². The molecule has 2 rings (SSSR count). The summed E-state index contributed by atoms with van der Waals surface area (Å²) in [5.41, 5.74) is 2.04. The molecule has 4 heteroatoms. The Morgan fingerprint density at radius 2 is 2.06 bits per heavy atom. The molecule has 2 aromatic rings. The van der Waals surface area contributed by atoms with Crippen LogP contribution in [0.4, 0.5) is 0 Å². The highest BCUT2D eigenvalue weighted by atomic mass is 79.9. The van der Waals surface area contributed by atoms with E-state index in [-0.39, 0.29) is 0 Å². The van der Waals surface area contributed by atoms with E-state index in [1.165, 1.54) is 0 Å². The minimum atomic E-state index is 0.540. The summed E-state index contributed by atoms with van der Waals surface area (Å²) in [7, 11) is 0. The first-order valence-electron chi connectivity index (χ1n) is 5.24. The van der Waals surface area contributed by atoms with Gasteiger partial charge in [0.1, 0.15) is 11.0 Å². The summed E-state index contributed by atoms with van der Waals surface area (Å²) in [6.07, 6.45) is 1.88. The Labute approximate surface area is 108 Å². The number of nitrogens with zero attached hydrogens (tertiary/aromatic N) is 2. The molecule has 1 heterocycles. The second-order valence-electron chi connectivity index (χ2n) is 3.82. The SMILES string of the molecule is CCCc1nc(Cl)c2cc(C)cc(Br)c2n1. The third-order valence-corrected chi connectivity index (χ3v) is 3.26. The van der Waals surface area contributed by atoms with Gasteiger partial charge >= 0.3 is 0 Å². The van der Waals surface area contributed by atoms with Gasteiger partial charge < -0.3 is 0 Å². The highest BCUT2D eigenvalue weighted by Crippen LogP contribution is 2.28. The first-order chi connectivity index (χ1) is 7.61. The van der Waals surface area contributed by atoms with Crippen molar-refractivity contribution in [1.29, 1.82) is 0 Å². The van der Waals surface area contributed by atoms with E-state index in [2.05, 4.69) is 32.8 Å². The third kappa shape index (κ3) is 2.20. The summed E-state index contributed by atoms with van der Waals surface area (Å²) in [5.74, 6) is 0.810. The molecule has 0 saturated carbocycles. The second-order valence-corrected chi connectivity index (χ2v) is 5.04. The van der Waals surface area contributed by atoms with Crippen LogP contribution in [0.2, 0.25) is 5.15 Å². The van der Waals surface area contributed by atoms with Crippen LogP contribution in [0.1, 0.15) is 24.7 Å². The van der Waals surface area contributed by atoms with Crippen LogP contribution in [0.25, 0.3) is 10.9 Å². The molecule has 0 N–H and O–H groups in total. The number of halogens is 2.